The zero-order valence-electron chi connectivity index (χ0n) is 15.9. The van der Waals surface area contributed by atoms with E-state index in [-0.39, 0.29) is 5.92 Å². The van der Waals surface area contributed by atoms with Crippen molar-refractivity contribution in [3.63, 3.8) is 0 Å². The van der Waals surface area contributed by atoms with Crippen molar-refractivity contribution in [2.45, 2.75) is 33.6 Å². The molecule has 0 aromatic carbocycles. The van der Waals surface area contributed by atoms with E-state index in [0.717, 1.165) is 29.7 Å². The highest BCUT2D eigenvalue weighted by Crippen LogP contribution is 2.38. The SMILES string of the molecule is CC1=C[C@@H](CNS(C)(=O)=O)[C@H](C(C)C)C[C@H]1Cc1nc2ccncc2[nH]1. The van der Waals surface area contributed by atoms with Crippen molar-refractivity contribution in [3.05, 3.63) is 35.9 Å². The molecule has 2 N–H and O–H groups in total. The number of allylic oxidation sites excluding steroid dienone is 1. The standard InChI is InChI=1S/C19H28N4O2S/c1-12(2)16-8-14(13(3)7-15(16)10-21-26(4,24)25)9-19-22-17-5-6-20-11-18(17)23-19/h5-7,11-12,14-16,21H,8-10H2,1-4H3,(H,22,23)/t14-,15-,16-/m0/s1. The van der Waals surface area contributed by atoms with E-state index in [4.69, 9.17) is 0 Å². The van der Waals surface area contributed by atoms with Crippen LogP contribution in [-0.2, 0) is 16.4 Å². The second kappa shape index (κ2) is 7.48. The molecule has 3 atom stereocenters. The number of nitrogens with zero attached hydrogens (tertiary/aromatic N) is 2. The molecule has 0 saturated heterocycles. The van der Waals surface area contributed by atoms with Crippen molar-refractivity contribution in [1.29, 1.82) is 0 Å². The lowest BCUT2D eigenvalue weighted by atomic mass is 9.70. The summed E-state index contributed by atoms with van der Waals surface area (Å²) in [5, 5.41) is 0. The molecular formula is C19H28N4O2S. The van der Waals surface area contributed by atoms with Crippen LogP contribution in [0.15, 0.2) is 30.1 Å². The number of fused-ring (bicyclic) bond motifs is 1. The summed E-state index contributed by atoms with van der Waals surface area (Å²) < 4.78 is 25.6. The molecule has 2 aromatic rings. The predicted octanol–water partition coefficient (Wildman–Crippen LogP) is 2.90. The summed E-state index contributed by atoms with van der Waals surface area (Å²) in [6, 6.07) is 1.92. The van der Waals surface area contributed by atoms with E-state index < -0.39 is 10.0 Å². The van der Waals surface area contributed by atoms with E-state index in [0.29, 0.717) is 24.3 Å². The van der Waals surface area contributed by atoms with Gasteiger partial charge in [-0.2, -0.15) is 0 Å². The maximum atomic E-state index is 11.5. The number of sulfonamides is 1. The van der Waals surface area contributed by atoms with Gasteiger partial charge < -0.3 is 4.98 Å². The lowest BCUT2D eigenvalue weighted by Gasteiger charge is -2.37. The van der Waals surface area contributed by atoms with Gasteiger partial charge in [0.2, 0.25) is 10.0 Å². The van der Waals surface area contributed by atoms with Crippen molar-refractivity contribution < 1.29 is 8.42 Å². The van der Waals surface area contributed by atoms with Crippen LogP contribution in [0.4, 0.5) is 0 Å². The molecule has 3 rings (SSSR count). The number of H-pyrrole nitrogens is 1. The summed E-state index contributed by atoms with van der Waals surface area (Å²) in [5.41, 5.74) is 3.24. The molecule has 0 amide bonds. The average Bonchev–Trinajstić information content (AvgIpc) is 2.96. The molecule has 0 unspecified atom stereocenters. The molecule has 142 valence electrons. The number of rotatable bonds is 6. The van der Waals surface area contributed by atoms with Crippen LogP contribution in [0.3, 0.4) is 0 Å². The molecular weight excluding hydrogens is 348 g/mol. The first-order valence-corrected chi connectivity index (χ1v) is 11.0. The second-order valence-corrected chi connectivity index (χ2v) is 9.65. The Morgan fingerprint density at radius 2 is 2.15 bits per heavy atom. The zero-order chi connectivity index (χ0) is 18.9. The third-order valence-electron chi connectivity index (χ3n) is 5.44. The van der Waals surface area contributed by atoms with Crippen LogP contribution in [0.1, 0.15) is 33.0 Å². The first-order valence-electron chi connectivity index (χ1n) is 9.14. The van der Waals surface area contributed by atoms with Gasteiger partial charge in [0.25, 0.3) is 0 Å². The van der Waals surface area contributed by atoms with Crippen molar-refractivity contribution in [2.24, 2.45) is 23.7 Å². The van der Waals surface area contributed by atoms with Crippen LogP contribution in [-0.4, -0.2) is 36.2 Å². The molecule has 0 fully saturated rings. The lowest BCUT2D eigenvalue weighted by molar-refractivity contribution is 0.227. The van der Waals surface area contributed by atoms with Crippen LogP contribution in [0.25, 0.3) is 11.0 Å². The number of nitrogens with one attached hydrogen (secondary N) is 2. The molecule has 2 heterocycles. The Bertz CT molecular complexity index is 868. The number of aromatic amines is 1. The van der Waals surface area contributed by atoms with Crippen molar-refractivity contribution >= 4 is 21.1 Å². The predicted molar refractivity (Wildman–Crippen MR) is 104 cm³/mol. The van der Waals surface area contributed by atoms with Crippen molar-refractivity contribution in [3.8, 4) is 0 Å². The van der Waals surface area contributed by atoms with E-state index in [2.05, 4.69) is 46.5 Å². The van der Waals surface area contributed by atoms with Gasteiger partial charge in [0, 0.05) is 19.2 Å². The van der Waals surface area contributed by atoms with E-state index in [1.54, 1.807) is 12.4 Å². The highest BCUT2D eigenvalue weighted by atomic mass is 32.2. The molecule has 1 aliphatic carbocycles. The molecule has 1 aliphatic rings. The van der Waals surface area contributed by atoms with Gasteiger partial charge >= 0.3 is 0 Å². The monoisotopic (exact) mass is 376 g/mol. The Morgan fingerprint density at radius 3 is 2.81 bits per heavy atom. The molecule has 26 heavy (non-hydrogen) atoms. The quantitative estimate of drug-likeness (QED) is 0.759. The third-order valence-corrected chi connectivity index (χ3v) is 6.13. The largest absolute Gasteiger partial charge is 0.341 e. The highest BCUT2D eigenvalue weighted by molar-refractivity contribution is 7.88. The smallest absolute Gasteiger partial charge is 0.208 e. The van der Waals surface area contributed by atoms with Gasteiger partial charge in [-0.05, 0) is 43.1 Å². The van der Waals surface area contributed by atoms with Gasteiger partial charge in [-0.1, -0.05) is 25.5 Å². The fourth-order valence-corrected chi connectivity index (χ4v) is 4.49. The summed E-state index contributed by atoms with van der Waals surface area (Å²) in [6.07, 6.45) is 8.96. The van der Waals surface area contributed by atoms with Crippen LogP contribution in [0.5, 0.6) is 0 Å². The van der Waals surface area contributed by atoms with Gasteiger partial charge in [0.05, 0.1) is 23.5 Å². The second-order valence-electron chi connectivity index (χ2n) is 7.82. The number of hydrogen-bond acceptors (Lipinski definition) is 4. The number of hydrogen-bond donors (Lipinski definition) is 2. The van der Waals surface area contributed by atoms with E-state index in [9.17, 15) is 8.42 Å². The average molecular weight is 377 g/mol. The Morgan fingerprint density at radius 1 is 1.38 bits per heavy atom. The number of aromatic nitrogens is 3. The first kappa shape index (κ1) is 19.0. The van der Waals surface area contributed by atoms with Crippen molar-refractivity contribution in [1.82, 2.24) is 19.7 Å². The number of imidazole rings is 1. The summed E-state index contributed by atoms with van der Waals surface area (Å²) in [7, 11) is -3.17. The van der Waals surface area contributed by atoms with Gasteiger partial charge in [0.15, 0.2) is 0 Å². The van der Waals surface area contributed by atoms with Gasteiger partial charge in [0.1, 0.15) is 5.82 Å². The molecule has 6 nitrogen and oxygen atoms in total. The molecule has 0 saturated carbocycles. The summed E-state index contributed by atoms with van der Waals surface area (Å²) in [4.78, 5) is 12.2. The minimum Gasteiger partial charge on any atom is -0.341 e. The fraction of sp³-hybridized carbons (Fsp3) is 0.579. The molecule has 2 aromatic heterocycles. The van der Waals surface area contributed by atoms with E-state index in [1.807, 2.05) is 6.07 Å². The molecule has 0 spiro atoms. The molecule has 0 bridgehead atoms. The van der Waals surface area contributed by atoms with E-state index >= 15 is 0 Å². The summed E-state index contributed by atoms with van der Waals surface area (Å²) >= 11 is 0. The van der Waals surface area contributed by atoms with Gasteiger partial charge in [-0.3, -0.25) is 4.98 Å². The highest BCUT2D eigenvalue weighted by Gasteiger charge is 2.32. The minimum atomic E-state index is -3.17. The van der Waals surface area contributed by atoms with E-state index in [1.165, 1.54) is 11.8 Å². The Kier molecular flexibility index (Phi) is 5.48. The fourth-order valence-electron chi connectivity index (χ4n) is 4.00. The Balaban J connectivity index is 1.78. The third kappa shape index (κ3) is 4.51. The topological polar surface area (TPSA) is 87.7 Å². The molecule has 0 aliphatic heterocycles. The lowest BCUT2D eigenvalue weighted by Crippen LogP contribution is -2.36. The minimum absolute atomic E-state index is 0.237. The van der Waals surface area contributed by atoms with Crippen LogP contribution in [0.2, 0.25) is 0 Å². The molecule has 7 heteroatoms. The summed E-state index contributed by atoms with van der Waals surface area (Å²) in [5.74, 6) is 2.59. The Hall–Kier alpha value is -1.73. The normalized spacial score (nSPS) is 24.2. The maximum absolute atomic E-state index is 11.5. The van der Waals surface area contributed by atoms with Crippen LogP contribution < -0.4 is 4.72 Å². The van der Waals surface area contributed by atoms with Gasteiger partial charge in [-0.15, -0.1) is 0 Å². The molecule has 0 radical (unpaired) electrons. The number of pyridine rings is 1. The van der Waals surface area contributed by atoms with Crippen LogP contribution in [0, 0.1) is 23.7 Å². The zero-order valence-corrected chi connectivity index (χ0v) is 16.7. The maximum Gasteiger partial charge on any atom is 0.208 e. The Labute approximate surface area is 155 Å². The van der Waals surface area contributed by atoms with Gasteiger partial charge in [-0.25, -0.2) is 18.1 Å². The van der Waals surface area contributed by atoms with Crippen molar-refractivity contribution in [2.75, 3.05) is 12.8 Å². The first-order chi connectivity index (χ1) is 12.2. The summed E-state index contributed by atoms with van der Waals surface area (Å²) in [6.45, 7) is 7.06. The van der Waals surface area contributed by atoms with Crippen LogP contribution >= 0.6 is 0 Å².